The highest BCUT2D eigenvalue weighted by molar-refractivity contribution is 7.80. The van der Waals surface area contributed by atoms with E-state index in [9.17, 15) is 4.79 Å². The monoisotopic (exact) mass is 258 g/mol. The molecule has 1 unspecified atom stereocenters. The van der Waals surface area contributed by atoms with Gasteiger partial charge in [-0.3, -0.25) is 4.79 Å². The van der Waals surface area contributed by atoms with E-state index < -0.39 is 5.41 Å². The number of rotatable bonds is 3. The standard InChI is InChI=1S/C12H22N2O2S/c1-5-12(4,10(13)17)11(15)14-6-8(2)16-9(3)7-14/h8-9H,5-7H2,1-4H3,(H2,13,17)/t8-,9+,12?. The molecule has 0 aromatic rings. The Balaban J connectivity index is 2.84. The van der Waals surface area contributed by atoms with E-state index in [2.05, 4.69) is 0 Å². The van der Waals surface area contributed by atoms with E-state index in [0.29, 0.717) is 19.5 Å². The summed E-state index contributed by atoms with van der Waals surface area (Å²) in [4.78, 5) is 14.6. The molecule has 1 heterocycles. The molecule has 4 nitrogen and oxygen atoms in total. The van der Waals surface area contributed by atoms with E-state index in [4.69, 9.17) is 22.7 Å². The molecule has 0 saturated carbocycles. The van der Waals surface area contributed by atoms with Crippen LogP contribution in [-0.2, 0) is 9.53 Å². The van der Waals surface area contributed by atoms with Gasteiger partial charge in [0.2, 0.25) is 5.91 Å². The summed E-state index contributed by atoms with van der Waals surface area (Å²) in [5.41, 5.74) is 4.98. The van der Waals surface area contributed by atoms with Crippen LogP contribution in [0.3, 0.4) is 0 Å². The molecule has 5 heteroatoms. The Hall–Kier alpha value is -0.680. The molecule has 2 N–H and O–H groups in total. The number of morpholine rings is 1. The molecule has 17 heavy (non-hydrogen) atoms. The SMILES string of the molecule is CCC(C)(C(=O)N1C[C@@H](C)O[C@@H](C)C1)C(N)=S. The fraction of sp³-hybridized carbons (Fsp3) is 0.833. The first-order valence-electron chi connectivity index (χ1n) is 6.06. The molecule has 98 valence electrons. The maximum Gasteiger partial charge on any atom is 0.235 e. The third kappa shape index (κ3) is 2.96. The van der Waals surface area contributed by atoms with E-state index in [1.807, 2.05) is 32.6 Å². The van der Waals surface area contributed by atoms with Gasteiger partial charge in [-0.05, 0) is 27.2 Å². The molecule has 0 aliphatic carbocycles. The molecule has 1 amide bonds. The number of carbonyl (C=O) groups excluding carboxylic acids is 1. The van der Waals surface area contributed by atoms with Crippen LogP contribution in [-0.4, -0.2) is 41.1 Å². The Bertz CT molecular complexity index is 312. The topological polar surface area (TPSA) is 55.6 Å². The molecule has 0 radical (unpaired) electrons. The fourth-order valence-electron chi connectivity index (χ4n) is 2.12. The van der Waals surface area contributed by atoms with Crippen molar-refractivity contribution in [3.8, 4) is 0 Å². The second-order valence-electron chi connectivity index (χ2n) is 5.02. The molecular formula is C12H22N2O2S. The Labute approximate surface area is 108 Å². The van der Waals surface area contributed by atoms with Crippen molar-refractivity contribution in [2.45, 2.75) is 46.3 Å². The number of carbonyl (C=O) groups is 1. The molecule has 1 saturated heterocycles. The average Bonchev–Trinajstić information content (AvgIpc) is 2.25. The summed E-state index contributed by atoms with van der Waals surface area (Å²) in [5, 5.41) is 0. The summed E-state index contributed by atoms with van der Waals surface area (Å²) in [6.07, 6.45) is 0.756. The highest BCUT2D eigenvalue weighted by Gasteiger charge is 2.40. The number of nitrogens with two attached hydrogens (primary N) is 1. The van der Waals surface area contributed by atoms with Crippen LogP contribution in [0.2, 0.25) is 0 Å². The van der Waals surface area contributed by atoms with Crippen LogP contribution in [0.1, 0.15) is 34.1 Å². The fourth-order valence-corrected chi connectivity index (χ4v) is 2.36. The zero-order chi connectivity index (χ0) is 13.2. The Kier molecular flexibility index (Phi) is 4.49. The van der Waals surface area contributed by atoms with Gasteiger partial charge in [-0.1, -0.05) is 19.1 Å². The largest absolute Gasteiger partial charge is 0.392 e. The minimum atomic E-state index is -0.730. The molecule has 1 aliphatic rings. The number of hydrogen-bond donors (Lipinski definition) is 1. The van der Waals surface area contributed by atoms with Crippen LogP contribution in [0.15, 0.2) is 0 Å². The second kappa shape index (κ2) is 5.31. The van der Waals surface area contributed by atoms with Gasteiger partial charge in [0.25, 0.3) is 0 Å². The summed E-state index contributed by atoms with van der Waals surface area (Å²) >= 11 is 5.03. The number of hydrogen-bond acceptors (Lipinski definition) is 3. The minimum absolute atomic E-state index is 0.0227. The maximum atomic E-state index is 12.5. The molecule has 0 bridgehead atoms. The van der Waals surface area contributed by atoms with Gasteiger partial charge in [-0.15, -0.1) is 0 Å². The van der Waals surface area contributed by atoms with Gasteiger partial charge >= 0.3 is 0 Å². The van der Waals surface area contributed by atoms with Crippen LogP contribution in [0.5, 0.6) is 0 Å². The van der Waals surface area contributed by atoms with E-state index in [-0.39, 0.29) is 23.1 Å². The summed E-state index contributed by atoms with van der Waals surface area (Å²) < 4.78 is 5.62. The van der Waals surface area contributed by atoms with Gasteiger partial charge < -0.3 is 15.4 Å². The predicted octanol–water partition coefficient (Wildman–Crippen LogP) is 1.32. The summed E-state index contributed by atoms with van der Waals surface area (Å²) in [6.45, 7) is 8.93. The van der Waals surface area contributed by atoms with Crippen molar-refractivity contribution in [2.75, 3.05) is 13.1 Å². The molecule has 3 atom stereocenters. The van der Waals surface area contributed by atoms with Crippen LogP contribution >= 0.6 is 12.2 Å². The minimum Gasteiger partial charge on any atom is -0.392 e. The quantitative estimate of drug-likeness (QED) is 0.776. The molecule has 0 aromatic carbocycles. The highest BCUT2D eigenvalue weighted by Crippen LogP contribution is 2.26. The first kappa shape index (κ1) is 14.4. The highest BCUT2D eigenvalue weighted by atomic mass is 32.1. The Morgan fingerprint density at radius 2 is 1.94 bits per heavy atom. The van der Waals surface area contributed by atoms with Gasteiger partial charge in [-0.2, -0.15) is 0 Å². The Morgan fingerprint density at radius 3 is 2.29 bits per heavy atom. The first-order valence-corrected chi connectivity index (χ1v) is 6.46. The molecule has 1 fully saturated rings. The molecule has 1 aliphatic heterocycles. The molecular weight excluding hydrogens is 236 g/mol. The van der Waals surface area contributed by atoms with Gasteiger partial charge in [0.05, 0.1) is 22.6 Å². The lowest BCUT2D eigenvalue weighted by Crippen LogP contribution is -2.55. The number of amides is 1. The Morgan fingerprint density at radius 1 is 1.47 bits per heavy atom. The van der Waals surface area contributed by atoms with Crippen molar-refractivity contribution in [3.63, 3.8) is 0 Å². The van der Waals surface area contributed by atoms with Gasteiger partial charge in [0, 0.05) is 13.1 Å². The van der Waals surface area contributed by atoms with Crippen molar-refractivity contribution in [1.29, 1.82) is 0 Å². The number of thiocarbonyl (C=S) groups is 1. The van der Waals surface area contributed by atoms with Gasteiger partial charge in [-0.25, -0.2) is 0 Å². The summed E-state index contributed by atoms with van der Waals surface area (Å²) in [7, 11) is 0. The maximum absolute atomic E-state index is 12.5. The van der Waals surface area contributed by atoms with E-state index in [1.165, 1.54) is 0 Å². The van der Waals surface area contributed by atoms with Gasteiger partial charge in [0.15, 0.2) is 0 Å². The zero-order valence-corrected chi connectivity index (χ0v) is 11.8. The van der Waals surface area contributed by atoms with Crippen LogP contribution < -0.4 is 5.73 Å². The van der Waals surface area contributed by atoms with Crippen molar-refractivity contribution >= 4 is 23.1 Å². The normalized spacial score (nSPS) is 28.6. The molecule has 0 aromatic heterocycles. The molecule has 1 rings (SSSR count). The third-order valence-corrected chi connectivity index (χ3v) is 3.88. The van der Waals surface area contributed by atoms with E-state index in [1.54, 1.807) is 0 Å². The number of nitrogens with zero attached hydrogens (tertiary/aromatic N) is 1. The lowest BCUT2D eigenvalue weighted by molar-refractivity contribution is -0.149. The molecule has 0 spiro atoms. The van der Waals surface area contributed by atoms with Crippen LogP contribution in [0.25, 0.3) is 0 Å². The number of ether oxygens (including phenoxy) is 1. The predicted molar refractivity (Wildman–Crippen MR) is 71.8 cm³/mol. The van der Waals surface area contributed by atoms with Crippen molar-refractivity contribution in [1.82, 2.24) is 4.90 Å². The van der Waals surface area contributed by atoms with Crippen LogP contribution in [0, 0.1) is 5.41 Å². The van der Waals surface area contributed by atoms with Crippen molar-refractivity contribution < 1.29 is 9.53 Å². The zero-order valence-electron chi connectivity index (χ0n) is 11.0. The lowest BCUT2D eigenvalue weighted by atomic mass is 9.85. The van der Waals surface area contributed by atoms with E-state index in [0.717, 1.165) is 0 Å². The summed E-state index contributed by atoms with van der Waals surface area (Å²) in [5.74, 6) is 0.0227. The van der Waals surface area contributed by atoms with Crippen molar-refractivity contribution in [3.05, 3.63) is 0 Å². The van der Waals surface area contributed by atoms with Crippen LogP contribution in [0.4, 0.5) is 0 Å². The van der Waals surface area contributed by atoms with E-state index >= 15 is 0 Å². The smallest absolute Gasteiger partial charge is 0.235 e. The van der Waals surface area contributed by atoms with Gasteiger partial charge in [0.1, 0.15) is 0 Å². The van der Waals surface area contributed by atoms with Crippen molar-refractivity contribution in [2.24, 2.45) is 11.1 Å². The first-order chi connectivity index (χ1) is 7.81. The average molecular weight is 258 g/mol. The second-order valence-corrected chi connectivity index (χ2v) is 5.46. The lowest BCUT2D eigenvalue weighted by Gasteiger charge is -2.39. The summed E-state index contributed by atoms with van der Waals surface area (Å²) in [6, 6.07) is 0. The third-order valence-electron chi connectivity index (χ3n) is 3.43.